The summed E-state index contributed by atoms with van der Waals surface area (Å²) >= 11 is 0. The zero-order valence-corrected chi connectivity index (χ0v) is 14.5. The summed E-state index contributed by atoms with van der Waals surface area (Å²) in [5.41, 5.74) is 1.17. The van der Waals surface area contributed by atoms with Crippen molar-refractivity contribution in [2.24, 2.45) is 0 Å². The molecule has 0 spiro atoms. The zero-order valence-electron chi connectivity index (χ0n) is 13.6. The molecule has 7 nitrogen and oxygen atoms in total. The highest BCUT2D eigenvalue weighted by Crippen LogP contribution is 2.28. The Balaban J connectivity index is 2.04. The van der Waals surface area contributed by atoms with Gasteiger partial charge in [-0.25, -0.2) is 8.42 Å². The molecule has 2 aromatic carbocycles. The van der Waals surface area contributed by atoms with Crippen LogP contribution in [0.15, 0.2) is 42.5 Å². The molecule has 0 bridgehead atoms. The molecule has 0 aliphatic rings. The van der Waals surface area contributed by atoms with Crippen LogP contribution < -0.4 is 14.2 Å². The number of ketones is 1. The monoisotopic (exact) mass is 360 g/mol. The number of hydrogen-bond donors (Lipinski definition) is 1. The second-order valence-corrected chi connectivity index (χ2v) is 6.89. The van der Waals surface area contributed by atoms with E-state index in [1.54, 1.807) is 12.1 Å². The number of ether oxygens (including phenoxy) is 2. The van der Waals surface area contributed by atoms with Gasteiger partial charge in [-0.2, -0.15) is 5.26 Å². The summed E-state index contributed by atoms with van der Waals surface area (Å²) in [6.07, 6.45) is 1.05. The molecule has 0 saturated carbocycles. The molecule has 0 fully saturated rings. The van der Waals surface area contributed by atoms with Gasteiger partial charge in [0.1, 0.15) is 0 Å². The molecule has 25 heavy (non-hydrogen) atoms. The minimum atomic E-state index is -3.37. The highest BCUT2D eigenvalue weighted by molar-refractivity contribution is 7.92. The third-order valence-electron chi connectivity index (χ3n) is 3.16. The SMILES string of the molecule is COc1cc(C#N)ccc1OCC(=O)c1ccc(NS(C)(=O)=O)cc1. The minimum absolute atomic E-state index is 0.221. The van der Waals surface area contributed by atoms with Crippen LogP contribution in [0.25, 0.3) is 0 Å². The Labute approximate surface area is 145 Å². The lowest BCUT2D eigenvalue weighted by Gasteiger charge is -2.10. The number of rotatable bonds is 7. The largest absolute Gasteiger partial charge is 0.493 e. The van der Waals surface area contributed by atoms with Crippen molar-refractivity contribution in [3.8, 4) is 17.6 Å². The molecular weight excluding hydrogens is 344 g/mol. The van der Waals surface area contributed by atoms with Gasteiger partial charge in [-0.15, -0.1) is 0 Å². The van der Waals surface area contributed by atoms with Crippen molar-refractivity contribution in [1.29, 1.82) is 5.26 Å². The lowest BCUT2D eigenvalue weighted by Crippen LogP contribution is -2.13. The van der Waals surface area contributed by atoms with Gasteiger partial charge < -0.3 is 9.47 Å². The van der Waals surface area contributed by atoms with Gasteiger partial charge in [0.2, 0.25) is 10.0 Å². The van der Waals surface area contributed by atoms with E-state index in [1.807, 2.05) is 6.07 Å². The average Bonchev–Trinajstić information content (AvgIpc) is 2.58. The molecule has 0 atom stereocenters. The molecule has 1 N–H and O–H groups in total. The van der Waals surface area contributed by atoms with Gasteiger partial charge in [0.05, 0.1) is 25.0 Å². The van der Waals surface area contributed by atoms with E-state index in [2.05, 4.69) is 4.72 Å². The van der Waals surface area contributed by atoms with Crippen molar-refractivity contribution in [2.75, 3.05) is 24.7 Å². The Morgan fingerprint density at radius 2 is 1.84 bits per heavy atom. The molecule has 0 aliphatic carbocycles. The van der Waals surface area contributed by atoms with Gasteiger partial charge >= 0.3 is 0 Å². The van der Waals surface area contributed by atoms with E-state index in [-0.39, 0.29) is 12.4 Å². The lowest BCUT2D eigenvalue weighted by molar-refractivity contribution is 0.0919. The normalized spacial score (nSPS) is 10.6. The van der Waals surface area contributed by atoms with Crippen molar-refractivity contribution in [2.45, 2.75) is 0 Å². The van der Waals surface area contributed by atoms with E-state index in [0.29, 0.717) is 28.3 Å². The third kappa shape index (κ3) is 5.22. The number of anilines is 1. The number of carbonyl (C=O) groups is 1. The van der Waals surface area contributed by atoms with Crippen molar-refractivity contribution in [1.82, 2.24) is 0 Å². The molecule has 0 saturated heterocycles. The Hall–Kier alpha value is -3.05. The highest BCUT2D eigenvalue weighted by Gasteiger charge is 2.11. The summed E-state index contributed by atoms with van der Waals surface area (Å²) in [5, 5.41) is 8.87. The van der Waals surface area contributed by atoms with Crippen LogP contribution in [0.1, 0.15) is 15.9 Å². The van der Waals surface area contributed by atoms with Gasteiger partial charge in [-0.05, 0) is 36.4 Å². The van der Waals surface area contributed by atoms with E-state index in [0.717, 1.165) is 6.26 Å². The zero-order chi connectivity index (χ0) is 18.4. The lowest BCUT2D eigenvalue weighted by atomic mass is 10.1. The molecule has 130 valence electrons. The summed E-state index contributed by atoms with van der Waals surface area (Å²) in [5.74, 6) is 0.432. The summed E-state index contributed by atoms with van der Waals surface area (Å²) < 4.78 is 35.2. The maximum absolute atomic E-state index is 12.2. The van der Waals surface area contributed by atoms with E-state index in [4.69, 9.17) is 14.7 Å². The first kappa shape index (κ1) is 18.3. The van der Waals surface area contributed by atoms with Crippen LogP contribution in [0.4, 0.5) is 5.69 Å². The molecule has 0 aromatic heterocycles. The molecule has 2 rings (SSSR count). The number of benzene rings is 2. The number of carbonyl (C=O) groups excluding carboxylic acids is 1. The molecule has 0 unspecified atom stereocenters. The number of methoxy groups -OCH3 is 1. The van der Waals surface area contributed by atoms with Crippen LogP contribution in [0.3, 0.4) is 0 Å². The van der Waals surface area contributed by atoms with E-state index in [1.165, 1.54) is 37.4 Å². The van der Waals surface area contributed by atoms with Crippen molar-refractivity contribution in [3.63, 3.8) is 0 Å². The highest BCUT2D eigenvalue weighted by atomic mass is 32.2. The van der Waals surface area contributed by atoms with Crippen molar-refractivity contribution < 1.29 is 22.7 Å². The van der Waals surface area contributed by atoms with Gasteiger partial charge in [0, 0.05) is 17.3 Å². The summed E-state index contributed by atoms with van der Waals surface area (Å²) in [4.78, 5) is 12.2. The molecule has 0 aliphatic heterocycles. The Bertz CT molecular complexity index is 915. The van der Waals surface area contributed by atoms with E-state index >= 15 is 0 Å². The van der Waals surface area contributed by atoms with Crippen molar-refractivity contribution in [3.05, 3.63) is 53.6 Å². The Morgan fingerprint density at radius 3 is 2.40 bits per heavy atom. The van der Waals surface area contributed by atoms with Crippen LogP contribution in [-0.2, 0) is 10.0 Å². The predicted octanol–water partition coefficient (Wildman–Crippen LogP) is 2.20. The number of nitrogens with zero attached hydrogens (tertiary/aromatic N) is 1. The fourth-order valence-corrected chi connectivity index (χ4v) is 2.59. The topological polar surface area (TPSA) is 105 Å². The molecule has 8 heteroatoms. The second-order valence-electron chi connectivity index (χ2n) is 5.14. The number of nitriles is 1. The summed E-state index contributed by atoms with van der Waals surface area (Å²) in [6, 6.07) is 12.6. The maximum Gasteiger partial charge on any atom is 0.229 e. The Kier molecular flexibility index (Phi) is 5.62. The Morgan fingerprint density at radius 1 is 1.16 bits per heavy atom. The molecule has 0 radical (unpaired) electrons. The molecule has 0 amide bonds. The van der Waals surface area contributed by atoms with Crippen LogP contribution >= 0.6 is 0 Å². The quantitative estimate of drug-likeness (QED) is 0.759. The van der Waals surface area contributed by atoms with Gasteiger partial charge in [0.15, 0.2) is 23.9 Å². The van der Waals surface area contributed by atoms with Gasteiger partial charge in [-0.3, -0.25) is 9.52 Å². The van der Waals surface area contributed by atoms with E-state index in [9.17, 15) is 13.2 Å². The van der Waals surface area contributed by atoms with Crippen LogP contribution in [0.2, 0.25) is 0 Å². The second kappa shape index (κ2) is 7.68. The molecule has 2 aromatic rings. The van der Waals surface area contributed by atoms with E-state index < -0.39 is 10.0 Å². The minimum Gasteiger partial charge on any atom is -0.493 e. The molecule has 0 heterocycles. The fourth-order valence-electron chi connectivity index (χ4n) is 2.02. The predicted molar refractivity (Wildman–Crippen MR) is 92.4 cm³/mol. The molecular formula is C17H16N2O5S. The fraction of sp³-hybridized carbons (Fsp3) is 0.176. The summed E-state index contributed by atoms with van der Waals surface area (Å²) in [6.45, 7) is -0.221. The van der Waals surface area contributed by atoms with Crippen LogP contribution in [-0.4, -0.2) is 34.2 Å². The number of Topliss-reactive ketones (excluding diaryl/α,β-unsaturated/α-hetero) is 1. The smallest absolute Gasteiger partial charge is 0.229 e. The number of hydrogen-bond acceptors (Lipinski definition) is 6. The van der Waals surface area contributed by atoms with Crippen LogP contribution in [0, 0.1) is 11.3 Å². The van der Waals surface area contributed by atoms with Crippen molar-refractivity contribution >= 4 is 21.5 Å². The first-order valence-electron chi connectivity index (χ1n) is 7.14. The maximum atomic E-state index is 12.2. The first-order chi connectivity index (χ1) is 11.8. The average molecular weight is 360 g/mol. The van der Waals surface area contributed by atoms with Crippen LogP contribution in [0.5, 0.6) is 11.5 Å². The third-order valence-corrected chi connectivity index (χ3v) is 3.77. The summed E-state index contributed by atoms with van der Waals surface area (Å²) in [7, 11) is -1.92. The standard InChI is InChI=1S/C17H16N2O5S/c1-23-17-9-12(10-18)3-8-16(17)24-11-15(20)13-4-6-14(7-5-13)19-25(2,21)22/h3-9,19H,11H2,1-2H3. The van der Waals surface area contributed by atoms with Gasteiger partial charge in [0.25, 0.3) is 0 Å². The number of nitrogens with one attached hydrogen (secondary N) is 1. The first-order valence-corrected chi connectivity index (χ1v) is 9.03. The van der Waals surface area contributed by atoms with Gasteiger partial charge in [-0.1, -0.05) is 0 Å². The number of sulfonamides is 1.